The fourth-order valence-electron chi connectivity index (χ4n) is 4.09. The molecule has 0 radical (unpaired) electrons. The maximum absolute atomic E-state index is 11.9. The van der Waals surface area contributed by atoms with Gasteiger partial charge in [-0.3, -0.25) is 20.2 Å². The molecule has 4 aromatic carbocycles. The second-order valence-electron chi connectivity index (χ2n) is 10.0. The van der Waals surface area contributed by atoms with Crippen molar-refractivity contribution < 1.29 is 33.9 Å². The first-order valence-electron chi connectivity index (χ1n) is 13.7. The highest BCUT2D eigenvalue weighted by Crippen LogP contribution is 2.37. The predicted octanol–water partition coefficient (Wildman–Crippen LogP) is 7.28. The number of rotatable bonds is 16. The molecule has 0 aliphatic heterocycles. The summed E-state index contributed by atoms with van der Waals surface area (Å²) in [5.41, 5.74) is -1.36. The Labute approximate surface area is 268 Å². The van der Waals surface area contributed by atoms with E-state index in [1.807, 2.05) is 48.9 Å². The molecule has 0 aliphatic carbocycles. The van der Waals surface area contributed by atoms with Gasteiger partial charge >= 0.3 is 11.4 Å². The van der Waals surface area contributed by atoms with Gasteiger partial charge < -0.3 is 24.1 Å². The minimum atomic E-state index is -1.45. The lowest BCUT2D eigenvalue weighted by Gasteiger charge is -2.23. The van der Waals surface area contributed by atoms with Crippen molar-refractivity contribution in [2.24, 2.45) is 0 Å². The molecule has 1 unspecified atom stereocenters. The van der Waals surface area contributed by atoms with Gasteiger partial charge in [0, 0.05) is 21.9 Å². The van der Waals surface area contributed by atoms with Crippen LogP contribution in [0.15, 0.2) is 94.7 Å². The van der Waals surface area contributed by atoms with E-state index in [9.17, 15) is 25.3 Å². The number of hydrogen-bond donors (Lipinski definition) is 1. The molecule has 0 saturated carbocycles. The molecule has 0 saturated heterocycles. The van der Waals surface area contributed by atoms with Crippen LogP contribution in [0.4, 0.5) is 11.4 Å². The first-order valence-corrected chi connectivity index (χ1v) is 16.1. The third-order valence-electron chi connectivity index (χ3n) is 6.46. The minimum Gasteiger partial charge on any atom is -0.490 e. The van der Waals surface area contributed by atoms with Gasteiger partial charge in [0.25, 0.3) is 0 Å². The van der Waals surface area contributed by atoms with Crippen molar-refractivity contribution in [1.29, 1.82) is 0 Å². The quantitative estimate of drug-likeness (QED) is 0.0564. The highest BCUT2D eigenvalue weighted by atomic mass is 32.2. The number of nitro groups is 2. The first-order chi connectivity index (χ1) is 21.6. The Morgan fingerprint density at radius 3 is 1.53 bits per heavy atom. The van der Waals surface area contributed by atoms with Crippen LogP contribution in [0.2, 0.25) is 0 Å². The number of hydrogen-bond acceptors (Lipinski definition) is 11. The minimum absolute atomic E-state index is 0.0455. The van der Waals surface area contributed by atoms with Gasteiger partial charge in [-0.15, -0.1) is 23.5 Å². The SMILES string of the molecule is CSc1ccc(OCCOc2ccc(-c3ccc(OCC(C)(O)COc4ccc(SC)cc4)c([N+](=O)[O-])c3)cc2[N+](=O)[O-])cc1. The third kappa shape index (κ3) is 9.51. The van der Waals surface area contributed by atoms with Crippen LogP contribution in [-0.4, -0.2) is 59.5 Å². The zero-order valence-corrected chi connectivity index (χ0v) is 26.5. The van der Waals surface area contributed by atoms with E-state index >= 15 is 0 Å². The van der Waals surface area contributed by atoms with Gasteiger partial charge in [0.05, 0.1) is 9.85 Å². The normalized spacial score (nSPS) is 12.2. The zero-order valence-electron chi connectivity index (χ0n) is 24.8. The topological polar surface area (TPSA) is 143 Å². The lowest BCUT2D eigenvalue weighted by atomic mass is 10.0. The molecule has 4 rings (SSSR count). The fourth-order valence-corrected chi connectivity index (χ4v) is 4.91. The van der Waals surface area contributed by atoms with E-state index in [0.29, 0.717) is 22.6 Å². The highest BCUT2D eigenvalue weighted by Gasteiger charge is 2.26. The van der Waals surface area contributed by atoms with Crippen LogP contribution in [0.3, 0.4) is 0 Å². The summed E-state index contributed by atoms with van der Waals surface area (Å²) in [4.78, 5) is 24.7. The number of nitrogens with zero attached hydrogens (tertiary/aromatic N) is 2. The molecule has 4 aromatic rings. The molecule has 0 aliphatic rings. The smallest absolute Gasteiger partial charge is 0.311 e. The Morgan fingerprint density at radius 2 is 1.07 bits per heavy atom. The first kappa shape index (κ1) is 33.4. The van der Waals surface area contributed by atoms with Crippen LogP contribution < -0.4 is 18.9 Å². The van der Waals surface area contributed by atoms with E-state index in [0.717, 1.165) is 9.79 Å². The van der Waals surface area contributed by atoms with E-state index in [1.54, 1.807) is 47.8 Å². The number of nitro benzene ring substituents is 2. The molecular weight excluding hydrogens is 620 g/mol. The second kappa shape index (κ2) is 15.5. The van der Waals surface area contributed by atoms with Crippen LogP contribution >= 0.6 is 23.5 Å². The Hall–Kier alpha value is -4.46. The molecule has 13 heteroatoms. The van der Waals surface area contributed by atoms with Gasteiger partial charge in [0.1, 0.15) is 43.5 Å². The summed E-state index contributed by atoms with van der Waals surface area (Å²) in [6.45, 7) is 1.37. The molecule has 1 atom stereocenters. The Kier molecular flexibility index (Phi) is 11.5. The van der Waals surface area contributed by atoms with E-state index in [-0.39, 0.29) is 49.3 Å². The average molecular weight is 653 g/mol. The fraction of sp³-hybridized carbons (Fsp3) is 0.250. The molecule has 0 amide bonds. The summed E-state index contributed by atoms with van der Waals surface area (Å²) in [7, 11) is 0. The standard InChI is InChI=1S/C32H32N2O9S2/c1-32(35,20-42-25-8-12-27(45-3)13-9-25)21-43-31-15-5-23(19-29(31)34(38)39)22-4-14-30(28(18-22)33(36)37)41-17-16-40-24-6-10-26(44-2)11-7-24/h4-15,18-19,35H,16-17,20-21H2,1-3H3. The molecular formula is C32H32N2O9S2. The summed E-state index contributed by atoms with van der Waals surface area (Å²) >= 11 is 3.21. The number of benzene rings is 4. The van der Waals surface area contributed by atoms with Gasteiger partial charge in [-0.2, -0.15) is 0 Å². The molecule has 45 heavy (non-hydrogen) atoms. The second-order valence-corrected chi connectivity index (χ2v) is 11.8. The van der Waals surface area contributed by atoms with Crippen molar-refractivity contribution in [3.63, 3.8) is 0 Å². The zero-order chi connectivity index (χ0) is 32.4. The molecule has 236 valence electrons. The maximum atomic E-state index is 11.9. The van der Waals surface area contributed by atoms with Gasteiger partial charge in [-0.05, 0) is 91.2 Å². The van der Waals surface area contributed by atoms with E-state index in [1.165, 1.54) is 31.2 Å². The van der Waals surface area contributed by atoms with Gasteiger partial charge in [0.15, 0.2) is 11.5 Å². The van der Waals surface area contributed by atoms with E-state index in [4.69, 9.17) is 18.9 Å². The van der Waals surface area contributed by atoms with E-state index < -0.39 is 15.4 Å². The molecule has 0 heterocycles. The molecule has 0 fully saturated rings. The van der Waals surface area contributed by atoms with Crippen molar-refractivity contribution in [1.82, 2.24) is 0 Å². The Bertz CT molecular complexity index is 1610. The van der Waals surface area contributed by atoms with Crippen molar-refractivity contribution >= 4 is 34.9 Å². The largest absolute Gasteiger partial charge is 0.490 e. The van der Waals surface area contributed by atoms with Crippen LogP contribution in [0.1, 0.15) is 6.92 Å². The third-order valence-corrected chi connectivity index (χ3v) is 7.95. The molecule has 0 spiro atoms. The van der Waals surface area contributed by atoms with Crippen molar-refractivity contribution in [3.05, 3.63) is 105 Å². The van der Waals surface area contributed by atoms with E-state index in [2.05, 4.69) is 0 Å². The van der Waals surface area contributed by atoms with Crippen LogP contribution in [0.5, 0.6) is 23.0 Å². The summed E-state index contributed by atoms with van der Waals surface area (Å²) in [5, 5.41) is 34.5. The molecule has 0 bridgehead atoms. The molecule has 0 aromatic heterocycles. The number of ether oxygens (including phenoxy) is 4. The van der Waals surface area contributed by atoms with Crippen LogP contribution in [0.25, 0.3) is 11.1 Å². The van der Waals surface area contributed by atoms with Crippen LogP contribution in [-0.2, 0) is 0 Å². The summed E-state index contributed by atoms with van der Waals surface area (Å²) < 4.78 is 22.6. The van der Waals surface area contributed by atoms with Gasteiger partial charge in [0.2, 0.25) is 0 Å². The summed E-state index contributed by atoms with van der Waals surface area (Å²) in [6.07, 6.45) is 3.94. The van der Waals surface area contributed by atoms with Gasteiger partial charge in [-0.1, -0.05) is 12.1 Å². The summed E-state index contributed by atoms with van der Waals surface area (Å²) in [5.74, 6) is 1.21. The number of aliphatic hydroxyl groups is 1. The lowest BCUT2D eigenvalue weighted by molar-refractivity contribution is -0.386. The lowest BCUT2D eigenvalue weighted by Crippen LogP contribution is -2.38. The predicted molar refractivity (Wildman–Crippen MR) is 174 cm³/mol. The van der Waals surface area contributed by atoms with Gasteiger partial charge in [-0.25, -0.2) is 0 Å². The highest BCUT2D eigenvalue weighted by molar-refractivity contribution is 7.98. The number of thioether (sulfide) groups is 2. The summed E-state index contributed by atoms with van der Waals surface area (Å²) in [6, 6.07) is 23.4. The molecule has 11 nitrogen and oxygen atoms in total. The average Bonchev–Trinajstić information content (AvgIpc) is 3.05. The monoisotopic (exact) mass is 652 g/mol. The van der Waals surface area contributed by atoms with Crippen LogP contribution in [0, 0.1) is 20.2 Å². The Balaban J connectivity index is 1.40. The van der Waals surface area contributed by atoms with Crippen molar-refractivity contribution in [3.8, 4) is 34.1 Å². The molecule has 1 N–H and O–H groups in total. The maximum Gasteiger partial charge on any atom is 0.311 e. The van der Waals surface area contributed by atoms with Crippen molar-refractivity contribution in [2.45, 2.75) is 22.3 Å². The van der Waals surface area contributed by atoms with Crippen molar-refractivity contribution in [2.75, 3.05) is 38.9 Å². The Morgan fingerprint density at radius 1 is 0.644 bits per heavy atom.